The van der Waals surface area contributed by atoms with Gasteiger partial charge in [-0.05, 0) is 12.3 Å². The molecule has 0 radical (unpaired) electrons. The molecule has 1 aromatic rings. The van der Waals surface area contributed by atoms with Crippen LogP contribution in [0.4, 0.5) is 0 Å². The zero-order valence-corrected chi connectivity index (χ0v) is 13.0. The molecule has 2 nitrogen and oxygen atoms in total. The second-order valence-corrected chi connectivity index (χ2v) is 5.80. The van der Waals surface area contributed by atoms with Gasteiger partial charge in [0.05, 0.1) is 6.33 Å². The fourth-order valence-electron chi connectivity index (χ4n) is 2.73. The van der Waals surface area contributed by atoms with Crippen LogP contribution in [-0.4, -0.2) is 9.55 Å². The second-order valence-electron chi connectivity index (χ2n) is 5.80. The second kappa shape index (κ2) is 11.1. The number of aromatic nitrogens is 2. The smallest absolute Gasteiger partial charge is 0.0945 e. The van der Waals surface area contributed by atoms with Crippen LogP contribution < -0.4 is 0 Å². The van der Waals surface area contributed by atoms with Gasteiger partial charge < -0.3 is 4.57 Å². The maximum absolute atomic E-state index is 4.13. The molecule has 0 fully saturated rings. The molecule has 1 unspecified atom stereocenters. The monoisotopic (exact) mass is 264 g/mol. The molecule has 19 heavy (non-hydrogen) atoms. The Morgan fingerprint density at radius 1 is 0.895 bits per heavy atom. The molecular weight excluding hydrogens is 232 g/mol. The maximum atomic E-state index is 4.13. The number of nitrogens with zero attached hydrogens (tertiary/aromatic N) is 2. The number of imidazole rings is 1. The van der Waals surface area contributed by atoms with Crippen molar-refractivity contribution in [2.24, 2.45) is 5.92 Å². The molecule has 0 aliphatic carbocycles. The number of rotatable bonds is 12. The molecule has 1 rings (SSSR count). The normalized spacial score (nSPS) is 12.7. The summed E-state index contributed by atoms with van der Waals surface area (Å²) in [7, 11) is 0. The first-order valence-corrected chi connectivity index (χ1v) is 8.32. The molecule has 0 saturated heterocycles. The summed E-state index contributed by atoms with van der Waals surface area (Å²) in [5, 5.41) is 0. The van der Waals surface area contributed by atoms with Crippen LogP contribution in [0, 0.1) is 5.92 Å². The molecule has 1 heterocycles. The van der Waals surface area contributed by atoms with Crippen molar-refractivity contribution in [3.63, 3.8) is 0 Å². The molecule has 2 heteroatoms. The highest BCUT2D eigenvalue weighted by atomic mass is 15.0. The summed E-state index contributed by atoms with van der Waals surface area (Å²) >= 11 is 0. The Balaban J connectivity index is 2.22. The third-order valence-corrected chi connectivity index (χ3v) is 4.04. The van der Waals surface area contributed by atoms with Crippen LogP contribution in [0.5, 0.6) is 0 Å². The van der Waals surface area contributed by atoms with E-state index in [0.29, 0.717) is 0 Å². The first-order valence-electron chi connectivity index (χ1n) is 8.32. The van der Waals surface area contributed by atoms with Crippen LogP contribution in [0.15, 0.2) is 18.7 Å². The van der Waals surface area contributed by atoms with Gasteiger partial charge in [-0.2, -0.15) is 0 Å². The van der Waals surface area contributed by atoms with Crippen LogP contribution in [0.3, 0.4) is 0 Å². The Labute approximate surface area is 119 Å². The van der Waals surface area contributed by atoms with Crippen LogP contribution in [0.2, 0.25) is 0 Å². The van der Waals surface area contributed by atoms with Crippen molar-refractivity contribution in [1.29, 1.82) is 0 Å². The van der Waals surface area contributed by atoms with Crippen molar-refractivity contribution in [2.75, 3.05) is 0 Å². The van der Waals surface area contributed by atoms with Gasteiger partial charge in [-0.15, -0.1) is 0 Å². The van der Waals surface area contributed by atoms with E-state index < -0.39 is 0 Å². The Morgan fingerprint density at radius 2 is 1.58 bits per heavy atom. The van der Waals surface area contributed by atoms with Gasteiger partial charge in [-0.1, -0.05) is 71.6 Å². The van der Waals surface area contributed by atoms with Crippen molar-refractivity contribution < 1.29 is 0 Å². The van der Waals surface area contributed by atoms with E-state index in [9.17, 15) is 0 Å². The lowest BCUT2D eigenvalue weighted by Gasteiger charge is -2.17. The van der Waals surface area contributed by atoms with Gasteiger partial charge >= 0.3 is 0 Å². The fraction of sp³-hybridized carbons (Fsp3) is 0.824. The zero-order chi connectivity index (χ0) is 13.8. The van der Waals surface area contributed by atoms with E-state index in [1.165, 1.54) is 64.2 Å². The summed E-state index contributed by atoms with van der Waals surface area (Å²) in [6, 6.07) is 0. The first kappa shape index (κ1) is 16.3. The summed E-state index contributed by atoms with van der Waals surface area (Å²) in [6.45, 7) is 5.73. The minimum atomic E-state index is 0.922. The third kappa shape index (κ3) is 8.07. The predicted molar refractivity (Wildman–Crippen MR) is 83.2 cm³/mol. The lowest BCUT2D eigenvalue weighted by Crippen LogP contribution is -2.06. The summed E-state index contributed by atoms with van der Waals surface area (Å²) in [5.41, 5.74) is 0. The van der Waals surface area contributed by atoms with Crippen molar-refractivity contribution in [3.05, 3.63) is 18.7 Å². The highest BCUT2D eigenvalue weighted by molar-refractivity contribution is 4.74. The van der Waals surface area contributed by atoms with Crippen LogP contribution in [0.25, 0.3) is 0 Å². The molecule has 1 atom stereocenters. The standard InChI is InChI=1S/C17H32N2/c1-3-5-7-9-11-17(10-8-6-4-2)12-14-19-15-13-18-16-19/h13,15-17H,3-12,14H2,1-2H3. The Kier molecular flexibility index (Phi) is 9.48. The molecular formula is C17H32N2. The van der Waals surface area contributed by atoms with E-state index in [4.69, 9.17) is 0 Å². The topological polar surface area (TPSA) is 17.8 Å². The van der Waals surface area contributed by atoms with Gasteiger partial charge in [0, 0.05) is 18.9 Å². The van der Waals surface area contributed by atoms with Gasteiger partial charge in [-0.25, -0.2) is 4.98 Å². The minimum absolute atomic E-state index is 0.922. The van der Waals surface area contributed by atoms with Crippen molar-refractivity contribution >= 4 is 0 Å². The van der Waals surface area contributed by atoms with Crippen molar-refractivity contribution in [2.45, 2.75) is 84.6 Å². The molecule has 0 N–H and O–H groups in total. The number of aryl methyl sites for hydroxylation is 1. The molecule has 0 spiro atoms. The molecule has 0 amide bonds. The molecule has 1 aromatic heterocycles. The van der Waals surface area contributed by atoms with E-state index >= 15 is 0 Å². The average Bonchev–Trinajstić information content (AvgIpc) is 2.93. The van der Waals surface area contributed by atoms with E-state index in [2.05, 4.69) is 29.6 Å². The molecule has 0 aliphatic heterocycles. The number of unbranched alkanes of at least 4 members (excludes halogenated alkanes) is 5. The van der Waals surface area contributed by atoms with Gasteiger partial charge in [0.15, 0.2) is 0 Å². The average molecular weight is 264 g/mol. The van der Waals surface area contributed by atoms with E-state index in [-0.39, 0.29) is 0 Å². The maximum Gasteiger partial charge on any atom is 0.0945 e. The molecule has 0 aliphatic rings. The quantitative estimate of drug-likeness (QED) is 0.460. The van der Waals surface area contributed by atoms with Crippen molar-refractivity contribution in [1.82, 2.24) is 9.55 Å². The zero-order valence-electron chi connectivity index (χ0n) is 13.0. The predicted octanol–water partition coefficient (Wildman–Crippen LogP) is 5.44. The lowest BCUT2D eigenvalue weighted by molar-refractivity contribution is 0.364. The summed E-state index contributed by atoms with van der Waals surface area (Å²) in [5.74, 6) is 0.922. The Bertz CT molecular complexity index is 279. The molecule has 110 valence electrons. The van der Waals surface area contributed by atoms with E-state index in [1.54, 1.807) is 0 Å². The van der Waals surface area contributed by atoms with Gasteiger partial charge in [0.2, 0.25) is 0 Å². The van der Waals surface area contributed by atoms with Crippen LogP contribution in [0.1, 0.15) is 78.1 Å². The highest BCUT2D eigenvalue weighted by Crippen LogP contribution is 2.21. The summed E-state index contributed by atoms with van der Waals surface area (Å²) in [6.07, 6.45) is 19.8. The van der Waals surface area contributed by atoms with Crippen LogP contribution >= 0.6 is 0 Å². The van der Waals surface area contributed by atoms with Crippen LogP contribution in [-0.2, 0) is 6.54 Å². The SMILES string of the molecule is CCCCCCC(CCCCC)CCn1ccnc1. The lowest BCUT2D eigenvalue weighted by atomic mass is 9.92. The molecule has 0 saturated carbocycles. The largest absolute Gasteiger partial charge is 0.337 e. The van der Waals surface area contributed by atoms with E-state index in [0.717, 1.165) is 12.5 Å². The number of hydrogen-bond acceptors (Lipinski definition) is 1. The van der Waals surface area contributed by atoms with Gasteiger partial charge in [0.1, 0.15) is 0 Å². The minimum Gasteiger partial charge on any atom is -0.337 e. The van der Waals surface area contributed by atoms with E-state index in [1.807, 2.05) is 12.5 Å². The number of hydrogen-bond donors (Lipinski definition) is 0. The molecule has 0 aromatic carbocycles. The Morgan fingerprint density at radius 3 is 2.21 bits per heavy atom. The molecule has 0 bridgehead atoms. The van der Waals surface area contributed by atoms with Crippen molar-refractivity contribution in [3.8, 4) is 0 Å². The highest BCUT2D eigenvalue weighted by Gasteiger charge is 2.08. The summed E-state index contributed by atoms with van der Waals surface area (Å²) < 4.78 is 2.22. The fourth-order valence-corrected chi connectivity index (χ4v) is 2.73. The summed E-state index contributed by atoms with van der Waals surface area (Å²) in [4.78, 5) is 4.13. The van der Waals surface area contributed by atoms with Gasteiger partial charge in [0.25, 0.3) is 0 Å². The first-order chi connectivity index (χ1) is 9.36. The third-order valence-electron chi connectivity index (χ3n) is 4.04. The van der Waals surface area contributed by atoms with Gasteiger partial charge in [-0.3, -0.25) is 0 Å². The Hall–Kier alpha value is -0.790.